The molecule has 33 heavy (non-hydrogen) atoms. The van der Waals surface area contributed by atoms with Crippen LogP contribution in [0.3, 0.4) is 0 Å². The molecule has 0 fully saturated rings. The SMILES string of the molecule is COc1ccc(Cl)cc1NC(=O)CSC1=NC(c2cccs2)=NC2=[N+](C)C(=O)N(C)C(=O)C12. The first-order valence-corrected chi connectivity index (χ1v) is 11.9. The van der Waals surface area contributed by atoms with Gasteiger partial charge in [-0.3, -0.25) is 9.59 Å². The van der Waals surface area contributed by atoms with Crippen molar-refractivity contribution in [2.45, 2.75) is 0 Å². The lowest BCUT2D eigenvalue weighted by atomic mass is 10.0. The third-order valence-corrected chi connectivity index (χ3v) is 7.10. The van der Waals surface area contributed by atoms with Gasteiger partial charge in [-0.2, -0.15) is 9.48 Å². The number of aliphatic imine (C=N–C) groups is 2. The number of thioether (sulfide) groups is 1. The minimum atomic E-state index is -0.861. The van der Waals surface area contributed by atoms with Crippen LogP contribution in [0.25, 0.3) is 0 Å². The number of amides is 4. The van der Waals surface area contributed by atoms with E-state index < -0.39 is 17.9 Å². The molecule has 0 aliphatic carbocycles. The fraction of sp³-hybridized carbons (Fsp3) is 0.238. The standard InChI is InChI=1S/C21H18ClN5O4S2/c1-26-18-16(20(29)27(2)21(26)30)19(25-17(24-18)14-5-4-8-32-14)33-10-15(28)23-12-9-11(22)6-7-13(12)31-3/h4-9,16H,10H2,1-3H3/p+1. The van der Waals surface area contributed by atoms with Gasteiger partial charge < -0.3 is 10.1 Å². The summed E-state index contributed by atoms with van der Waals surface area (Å²) < 4.78 is 6.60. The van der Waals surface area contributed by atoms with Crippen molar-refractivity contribution in [3.63, 3.8) is 0 Å². The van der Waals surface area contributed by atoms with Crippen molar-refractivity contribution in [3.05, 3.63) is 45.6 Å². The molecular weight excluding hydrogens is 486 g/mol. The summed E-state index contributed by atoms with van der Waals surface area (Å²) in [5.74, 6) is -0.491. The van der Waals surface area contributed by atoms with Crippen molar-refractivity contribution in [1.82, 2.24) is 4.90 Å². The minimum absolute atomic E-state index is 0.0232. The van der Waals surface area contributed by atoms with Crippen molar-refractivity contribution in [2.24, 2.45) is 15.9 Å². The van der Waals surface area contributed by atoms with Gasteiger partial charge in [-0.25, -0.2) is 9.79 Å². The number of halogens is 1. The predicted molar refractivity (Wildman–Crippen MR) is 130 cm³/mol. The van der Waals surface area contributed by atoms with Gasteiger partial charge in [0.2, 0.25) is 11.7 Å². The number of ether oxygens (including phenoxy) is 1. The minimum Gasteiger partial charge on any atom is -0.495 e. The van der Waals surface area contributed by atoms with Gasteiger partial charge in [0, 0.05) is 5.02 Å². The zero-order valence-corrected chi connectivity index (χ0v) is 20.3. The summed E-state index contributed by atoms with van der Waals surface area (Å²) in [6.45, 7) is 0. The first kappa shape index (κ1) is 23.1. The number of methoxy groups -OCH3 is 1. The van der Waals surface area contributed by atoms with Crippen molar-refractivity contribution in [1.29, 1.82) is 0 Å². The van der Waals surface area contributed by atoms with E-state index in [1.807, 2.05) is 17.5 Å². The Balaban J connectivity index is 1.61. The number of hydrogen-bond acceptors (Lipinski definition) is 8. The highest BCUT2D eigenvalue weighted by Gasteiger charge is 2.49. The van der Waals surface area contributed by atoms with Crippen LogP contribution in [-0.2, 0) is 9.59 Å². The fourth-order valence-electron chi connectivity index (χ4n) is 3.31. The van der Waals surface area contributed by atoms with Gasteiger partial charge in [-0.15, -0.1) is 11.3 Å². The molecule has 0 saturated heterocycles. The summed E-state index contributed by atoms with van der Waals surface area (Å²) >= 11 is 8.59. The number of carbonyl (C=O) groups is 3. The lowest BCUT2D eigenvalue weighted by Crippen LogP contribution is -2.54. The maximum atomic E-state index is 12.9. The number of thiophene rings is 1. The molecule has 2 aliphatic rings. The number of rotatable bonds is 5. The van der Waals surface area contributed by atoms with Crippen molar-refractivity contribution in [3.8, 4) is 5.75 Å². The molecule has 1 aromatic heterocycles. The third-order valence-electron chi connectivity index (χ3n) is 4.97. The van der Waals surface area contributed by atoms with Gasteiger partial charge in [0.05, 0.1) is 37.5 Å². The molecule has 3 heterocycles. The van der Waals surface area contributed by atoms with E-state index in [-0.39, 0.29) is 11.7 Å². The number of anilines is 1. The zero-order valence-electron chi connectivity index (χ0n) is 17.9. The molecule has 1 unspecified atom stereocenters. The number of urea groups is 1. The number of imide groups is 1. The Morgan fingerprint density at radius 3 is 2.82 bits per heavy atom. The molecule has 4 rings (SSSR count). The van der Waals surface area contributed by atoms with E-state index >= 15 is 0 Å². The molecule has 4 amide bonds. The van der Waals surface area contributed by atoms with Gasteiger partial charge in [-0.1, -0.05) is 34.4 Å². The maximum Gasteiger partial charge on any atom is 0.445 e. The van der Waals surface area contributed by atoms with Gasteiger partial charge in [0.15, 0.2) is 5.92 Å². The number of nitrogens with one attached hydrogen (secondary N) is 1. The molecule has 2 aliphatic heterocycles. The number of amidine groups is 2. The lowest BCUT2D eigenvalue weighted by molar-refractivity contribution is -0.407. The van der Waals surface area contributed by atoms with Crippen LogP contribution in [0.4, 0.5) is 10.5 Å². The summed E-state index contributed by atoms with van der Waals surface area (Å²) in [6, 6.07) is 8.15. The monoisotopic (exact) mass is 504 g/mol. The Bertz CT molecular complexity index is 1240. The van der Waals surface area contributed by atoms with Crippen LogP contribution in [0.1, 0.15) is 4.88 Å². The Morgan fingerprint density at radius 1 is 1.33 bits per heavy atom. The summed E-state index contributed by atoms with van der Waals surface area (Å²) in [5.41, 5.74) is 0.438. The average molecular weight is 505 g/mol. The van der Waals surface area contributed by atoms with Crippen LogP contribution < -0.4 is 10.1 Å². The molecular formula is C21H19ClN5O4S2+. The molecule has 1 aromatic carbocycles. The van der Waals surface area contributed by atoms with Crippen LogP contribution in [-0.4, -0.2) is 71.0 Å². The van der Waals surface area contributed by atoms with Crippen molar-refractivity contribution >= 4 is 74.9 Å². The molecule has 1 atom stereocenters. The second kappa shape index (κ2) is 9.46. The molecule has 9 nitrogen and oxygen atoms in total. The molecule has 170 valence electrons. The van der Waals surface area contributed by atoms with Crippen LogP contribution in [0.15, 0.2) is 45.7 Å². The quantitative estimate of drug-likeness (QED) is 0.630. The van der Waals surface area contributed by atoms with E-state index in [0.29, 0.717) is 33.2 Å². The molecule has 0 radical (unpaired) electrons. The third kappa shape index (κ3) is 4.56. The van der Waals surface area contributed by atoms with Gasteiger partial charge in [0.1, 0.15) is 10.8 Å². The molecule has 2 aromatic rings. The molecule has 0 bridgehead atoms. The summed E-state index contributed by atoms with van der Waals surface area (Å²) in [4.78, 5) is 49.0. The van der Waals surface area contributed by atoms with Crippen molar-refractivity contribution < 1.29 is 23.7 Å². The largest absolute Gasteiger partial charge is 0.495 e. The second-order valence-corrected chi connectivity index (χ2v) is 9.45. The van der Waals surface area contributed by atoms with E-state index in [1.54, 1.807) is 25.2 Å². The van der Waals surface area contributed by atoms with Gasteiger partial charge in [-0.05, 0) is 29.6 Å². The highest BCUT2D eigenvalue weighted by atomic mass is 35.5. The lowest BCUT2D eigenvalue weighted by Gasteiger charge is -2.26. The first-order valence-electron chi connectivity index (χ1n) is 9.69. The molecule has 0 spiro atoms. The average Bonchev–Trinajstić information content (AvgIpc) is 3.34. The topological polar surface area (TPSA) is 103 Å². The highest BCUT2D eigenvalue weighted by molar-refractivity contribution is 8.14. The number of nitrogens with zero attached hydrogens (tertiary/aromatic N) is 4. The summed E-state index contributed by atoms with van der Waals surface area (Å²) in [7, 11) is 4.47. The molecule has 12 heteroatoms. The summed E-state index contributed by atoms with van der Waals surface area (Å²) in [5, 5.41) is 5.51. The van der Waals surface area contributed by atoms with E-state index in [4.69, 9.17) is 16.3 Å². The van der Waals surface area contributed by atoms with Crippen LogP contribution in [0.5, 0.6) is 5.75 Å². The maximum absolute atomic E-state index is 12.9. The number of hydrogen-bond donors (Lipinski definition) is 1. The van der Waals surface area contributed by atoms with Crippen molar-refractivity contribution in [2.75, 3.05) is 32.3 Å². The molecule has 1 N–H and O–H groups in total. The van der Waals surface area contributed by atoms with E-state index in [2.05, 4.69) is 15.3 Å². The van der Waals surface area contributed by atoms with Gasteiger partial charge in [0.25, 0.3) is 5.84 Å². The Hall–Kier alpha value is -3.02. The van der Waals surface area contributed by atoms with Crippen LogP contribution >= 0.6 is 34.7 Å². The fourth-order valence-corrected chi connectivity index (χ4v) is 5.01. The Labute approximate surface area is 202 Å². The first-order chi connectivity index (χ1) is 15.8. The smallest absolute Gasteiger partial charge is 0.445 e. The number of benzene rings is 1. The zero-order chi connectivity index (χ0) is 23.7. The van der Waals surface area contributed by atoms with E-state index in [1.165, 1.54) is 30.1 Å². The Kier molecular flexibility index (Phi) is 6.63. The molecule has 0 saturated carbocycles. The predicted octanol–water partition coefficient (Wildman–Crippen LogP) is 3.19. The Morgan fingerprint density at radius 2 is 2.12 bits per heavy atom. The normalized spacial score (nSPS) is 18.1. The van der Waals surface area contributed by atoms with Crippen LogP contribution in [0, 0.1) is 5.92 Å². The van der Waals surface area contributed by atoms with Gasteiger partial charge >= 0.3 is 11.9 Å². The second-order valence-electron chi connectivity index (χ2n) is 7.07. The summed E-state index contributed by atoms with van der Waals surface area (Å²) in [6.07, 6.45) is 0. The van der Waals surface area contributed by atoms with E-state index in [0.717, 1.165) is 21.5 Å². The number of fused-ring (bicyclic) bond motifs is 1. The van der Waals surface area contributed by atoms with Crippen LogP contribution in [0.2, 0.25) is 5.02 Å². The number of carbonyl (C=O) groups excluding carboxylic acids is 3. The van der Waals surface area contributed by atoms with E-state index in [9.17, 15) is 14.4 Å². The highest BCUT2D eigenvalue weighted by Crippen LogP contribution is 2.30.